The number of nitrogens with one attached hydrogen (secondary N) is 1. The molecule has 19 heavy (non-hydrogen) atoms. The molecule has 104 valence electrons. The van der Waals surface area contributed by atoms with E-state index in [1.807, 2.05) is 6.92 Å². The molecule has 1 rings (SSSR count). The zero-order chi connectivity index (χ0) is 14.4. The van der Waals surface area contributed by atoms with Crippen LogP contribution in [0.25, 0.3) is 0 Å². The lowest BCUT2D eigenvalue weighted by atomic mass is 10.0. The highest BCUT2D eigenvalue weighted by Gasteiger charge is 2.23. The average molecular weight is 269 g/mol. The molecule has 0 aliphatic heterocycles. The van der Waals surface area contributed by atoms with Crippen LogP contribution in [0.5, 0.6) is 0 Å². The Morgan fingerprint density at radius 2 is 2.26 bits per heavy atom. The second kappa shape index (κ2) is 6.79. The lowest BCUT2D eigenvalue weighted by Crippen LogP contribution is -2.29. The topological polar surface area (TPSA) is 98.3 Å². The largest absolute Gasteiger partial charge is 0.330 e. The van der Waals surface area contributed by atoms with Crippen LogP contribution in [-0.2, 0) is 4.79 Å². The second-order valence-electron chi connectivity index (χ2n) is 4.10. The molecule has 3 N–H and O–H groups in total. The number of carbonyl (C=O) groups excluding carboxylic acids is 1. The first-order valence-corrected chi connectivity index (χ1v) is 5.95. The van der Waals surface area contributed by atoms with Crippen molar-refractivity contribution < 1.29 is 14.1 Å². The van der Waals surface area contributed by atoms with Gasteiger partial charge in [0.1, 0.15) is 0 Å². The van der Waals surface area contributed by atoms with Crippen molar-refractivity contribution in [2.45, 2.75) is 19.8 Å². The van der Waals surface area contributed by atoms with E-state index in [2.05, 4.69) is 5.32 Å². The molecule has 0 spiro atoms. The van der Waals surface area contributed by atoms with Crippen LogP contribution in [0.4, 0.5) is 15.8 Å². The van der Waals surface area contributed by atoms with Crippen molar-refractivity contribution in [2.24, 2.45) is 11.7 Å². The highest BCUT2D eigenvalue weighted by molar-refractivity contribution is 5.94. The van der Waals surface area contributed by atoms with E-state index >= 15 is 0 Å². The van der Waals surface area contributed by atoms with Crippen molar-refractivity contribution in [1.29, 1.82) is 0 Å². The summed E-state index contributed by atoms with van der Waals surface area (Å²) in [5.74, 6) is -1.82. The maximum atomic E-state index is 13.6. The Morgan fingerprint density at radius 1 is 1.58 bits per heavy atom. The molecule has 0 saturated heterocycles. The Morgan fingerprint density at radius 3 is 2.79 bits per heavy atom. The summed E-state index contributed by atoms with van der Waals surface area (Å²) in [5, 5.41) is 13.0. The zero-order valence-corrected chi connectivity index (χ0v) is 10.6. The smallest absolute Gasteiger partial charge is 0.295 e. The fraction of sp³-hybridized carbons (Fsp3) is 0.417. The number of nitro groups is 1. The number of nitro benzene ring substituents is 1. The van der Waals surface area contributed by atoms with Crippen LogP contribution in [0.3, 0.4) is 0 Å². The monoisotopic (exact) mass is 269 g/mol. The standard InChI is InChI=1S/C12H16FN3O3/c1-2-4-8(7-14)12(17)15-11-9(13)5-3-6-10(11)16(18)19/h3,5-6,8H,2,4,7,14H2,1H3,(H,15,17). The summed E-state index contributed by atoms with van der Waals surface area (Å²) in [5.41, 5.74) is 4.58. The number of nitrogens with zero attached hydrogens (tertiary/aromatic N) is 1. The third kappa shape index (κ3) is 3.72. The minimum atomic E-state index is -0.838. The van der Waals surface area contributed by atoms with Crippen LogP contribution in [0.15, 0.2) is 18.2 Å². The number of hydrogen-bond donors (Lipinski definition) is 2. The number of halogens is 1. The van der Waals surface area contributed by atoms with Gasteiger partial charge >= 0.3 is 0 Å². The van der Waals surface area contributed by atoms with E-state index in [1.54, 1.807) is 0 Å². The number of rotatable bonds is 6. The van der Waals surface area contributed by atoms with Crippen molar-refractivity contribution in [3.05, 3.63) is 34.1 Å². The van der Waals surface area contributed by atoms with Gasteiger partial charge in [-0.3, -0.25) is 14.9 Å². The molecule has 0 radical (unpaired) electrons. The van der Waals surface area contributed by atoms with Crippen LogP contribution >= 0.6 is 0 Å². The summed E-state index contributed by atoms with van der Waals surface area (Å²) in [6, 6.07) is 3.41. The molecule has 0 saturated carbocycles. The molecule has 0 bridgehead atoms. The number of carbonyl (C=O) groups is 1. The molecule has 0 aromatic heterocycles. The Balaban J connectivity index is 2.98. The maximum Gasteiger partial charge on any atom is 0.295 e. The molecule has 1 aromatic rings. The van der Waals surface area contributed by atoms with Crippen LogP contribution in [-0.4, -0.2) is 17.4 Å². The highest BCUT2D eigenvalue weighted by Crippen LogP contribution is 2.27. The van der Waals surface area contributed by atoms with E-state index in [-0.39, 0.29) is 6.54 Å². The van der Waals surface area contributed by atoms with Crippen molar-refractivity contribution >= 4 is 17.3 Å². The summed E-state index contributed by atoms with van der Waals surface area (Å²) in [7, 11) is 0. The molecule has 0 aliphatic rings. The molecule has 0 heterocycles. The lowest BCUT2D eigenvalue weighted by molar-refractivity contribution is -0.384. The van der Waals surface area contributed by atoms with Gasteiger partial charge in [-0.1, -0.05) is 19.4 Å². The van der Waals surface area contributed by atoms with Gasteiger partial charge in [-0.05, 0) is 12.5 Å². The number of anilines is 1. The molecule has 0 aliphatic carbocycles. The zero-order valence-electron chi connectivity index (χ0n) is 10.6. The van der Waals surface area contributed by atoms with Crippen molar-refractivity contribution in [2.75, 3.05) is 11.9 Å². The van der Waals surface area contributed by atoms with E-state index in [4.69, 9.17) is 5.73 Å². The molecule has 0 fully saturated rings. The van der Waals surface area contributed by atoms with Crippen molar-refractivity contribution in [3.63, 3.8) is 0 Å². The predicted molar refractivity (Wildman–Crippen MR) is 69.1 cm³/mol. The first-order chi connectivity index (χ1) is 9.01. The third-order valence-corrected chi connectivity index (χ3v) is 2.73. The minimum Gasteiger partial charge on any atom is -0.330 e. The van der Waals surface area contributed by atoms with Gasteiger partial charge in [0.05, 0.1) is 10.8 Å². The number of amides is 1. The summed E-state index contributed by atoms with van der Waals surface area (Å²) in [6.07, 6.45) is 1.29. The van der Waals surface area contributed by atoms with Gasteiger partial charge < -0.3 is 11.1 Å². The van der Waals surface area contributed by atoms with Crippen LogP contribution in [0, 0.1) is 21.8 Å². The lowest BCUT2D eigenvalue weighted by Gasteiger charge is -2.14. The predicted octanol–water partition coefficient (Wildman–Crippen LogP) is 2.05. The fourth-order valence-electron chi connectivity index (χ4n) is 1.72. The van der Waals surface area contributed by atoms with Gasteiger partial charge in [0.2, 0.25) is 5.91 Å². The Kier molecular flexibility index (Phi) is 5.37. The molecule has 7 heteroatoms. The number of benzene rings is 1. The Hall–Kier alpha value is -2.02. The molecule has 1 unspecified atom stereocenters. The van der Waals surface area contributed by atoms with Crippen LogP contribution in [0.1, 0.15) is 19.8 Å². The molecular weight excluding hydrogens is 253 g/mol. The van der Waals surface area contributed by atoms with Gasteiger partial charge in [0, 0.05) is 12.6 Å². The Labute approximate surface area is 109 Å². The van der Waals surface area contributed by atoms with Crippen molar-refractivity contribution in [3.8, 4) is 0 Å². The molecule has 1 aromatic carbocycles. The average Bonchev–Trinajstić information content (AvgIpc) is 2.37. The summed E-state index contributed by atoms with van der Waals surface area (Å²) in [4.78, 5) is 21.9. The first-order valence-electron chi connectivity index (χ1n) is 5.95. The number of hydrogen-bond acceptors (Lipinski definition) is 4. The highest BCUT2D eigenvalue weighted by atomic mass is 19.1. The third-order valence-electron chi connectivity index (χ3n) is 2.73. The van der Waals surface area contributed by atoms with Crippen LogP contribution < -0.4 is 11.1 Å². The number of nitrogens with two attached hydrogens (primary N) is 1. The summed E-state index contributed by atoms with van der Waals surface area (Å²) < 4.78 is 13.6. The first kappa shape index (κ1) is 15.0. The molecule has 6 nitrogen and oxygen atoms in total. The van der Waals surface area contributed by atoms with E-state index in [0.29, 0.717) is 6.42 Å². The van der Waals surface area contributed by atoms with Gasteiger partial charge in [0.15, 0.2) is 11.5 Å². The van der Waals surface area contributed by atoms with E-state index < -0.39 is 33.9 Å². The fourth-order valence-corrected chi connectivity index (χ4v) is 1.72. The molecule has 1 amide bonds. The SMILES string of the molecule is CCCC(CN)C(=O)Nc1c(F)cccc1[N+](=O)[O-]. The second-order valence-corrected chi connectivity index (χ2v) is 4.10. The molecular formula is C12H16FN3O3. The van der Waals surface area contributed by atoms with Gasteiger partial charge in [-0.25, -0.2) is 4.39 Å². The summed E-state index contributed by atoms with van der Waals surface area (Å²) >= 11 is 0. The van der Waals surface area contributed by atoms with Gasteiger partial charge in [0.25, 0.3) is 5.69 Å². The minimum absolute atomic E-state index is 0.113. The van der Waals surface area contributed by atoms with E-state index in [0.717, 1.165) is 18.6 Å². The Bertz CT molecular complexity index is 479. The number of para-hydroxylation sites is 1. The van der Waals surface area contributed by atoms with Gasteiger partial charge in [-0.15, -0.1) is 0 Å². The van der Waals surface area contributed by atoms with E-state index in [9.17, 15) is 19.3 Å². The quantitative estimate of drug-likeness (QED) is 0.610. The van der Waals surface area contributed by atoms with Crippen LogP contribution in [0.2, 0.25) is 0 Å². The van der Waals surface area contributed by atoms with Gasteiger partial charge in [-0.2, -0.15) is 0 Å². The normalized spacial score (nSPS) is 11.9. The molecule has 1 atom stereocenters. The maximum absolute atomic E-state index is 13.6. The van der Waals surface area contributed by atoms with Crippen molar-refractivity contribution in [1.82, 2.24) is 0 Å². The summed E-state index contributed by atoms with van der Waals surface area (Å²) in [6.45, 7) is 2.00. The van der Waals surface area contributed by atoms with E-state index in [1.165, 1.54) is 6.07 Å².